The van der Waals surface area contributed by atoms with Gasteiger partial charge >= 0.3 is 17.9 Å². The standard InChI is InChI=1S/C77H132O6/c1-4-7-10-13-16-19-22-25-28-31-33-35-36-37-38-39-40-41-42-43-45-46-49-52-55-58-61-64-67-70-76(79)82-73-74(72-81-75(78)69-66-63-60-57-54-51-48-30-27-24-21-18-15-12-9-6-3)83-77(80)71-68-65-62-59-56-53-50-47-44-34-32-29-26-23-20-17-14-11-8-5-2/h7,10,16,19,25,28,33,35,37-38,40-41,43,45,49,52,58,61,74H,4-6,8-9,11-15,17-18,20-24,26-27,29-32,34,36,39,42,44,46-48,50-51,53-57,59-60,62-73H2,1-3H3/b10-7-,19-16-,28-25-,35-33-,38-37-,41-40-,45-43-,52-49-,61-58-. The van der Waals surface area contributed by atoms with E-state index in [-0.39, 0.29) is 37.5 Å². The maximum atomic E-state index is 13.0. The summed E-state index contributed by atoms with van der Waals surface area (Å²) in [5.41, 5.74) is 0. The fraction of sp³-hybridized carbons (Fsp3) is 0.727. The van der Waals surface area contributed by atoms with E-state index in [2.05, 4.69) is 130 Å². The summed E-state index contributed by atoms with van der Waals surface area (Å²) >= 11 is 0. The number of hydrogen-bond acceptors (Lipinski definition) is 6. The molecule has 0 aliphatic carbocycles. The molecule has 0 aromatic rings. The number of carbonyl (C=O) groups excluding carboxylic acids is 3. The van der Waals surface area contributed by atoms with E-state index in [9.17, 15) is 14.4 Å². The lowest BCUT2D eigenvalue weighted by Gasteiger charge is -2.18. The number of ether oxygens (including phenoxy) is 3. The summed E-state index contributed by atoms with van der Waals surface area (Å²) in [6.45, 7) is 6.53. The summed E-state index contributed by atoms with van der Waals surface area (Å²) in [6.07, 6.45) is 96.9. The number of carbonyl (C=O) groups is 3. The molecule has 0 radical (unpaired) electrons. The molecule has 0 aliphatic rings. The van der Waals surface area contributed by atoms with Crippen LogP contribution in [0.1, 0.15) is 342 Å². The van der Waals surface area contributed by atoms with Crippen molar-refractivity contribution in [2.75, 3.05) is 13.2 Å². The molecule has 0 aromatic carbocycles. The van der Waals surface area contributed by atoms with E-state index < -0.39 is 6.10 Å². The van der Waals surface area contributed by atoms with Gasteiger partial charge in [-0.1, -0.05) is 348 Å². The van der Waals surface area contributed by atoms with E-state index in [1.807, 2.05) is 0 Å². The number of hydrogen-bond donors (Lipinski definition) is 0. The third-order valence-electron chi connectivity index (χ3n) is 15.3. The fourth-order valence-corrected chi connectivity index (χ4v) is 10.0. The SMILES string of the molecule is CC/C=C\C/C=C\C/C=C\C/C=C\C/C=C\C/C=C\C/C=C\C/C=C\C/C=C\CCCC(=O)OCC(COC(=O)CCCCCCCCCCCCCCCCCC)OC(=O)CCCCCCCCCCCCCCCCCCCCCC. The van der Waals surface area contributed by atoms with Gasteiger partial charge in [0.05, 0.1) is 0 Å². The van der Waals surface area contributed by atoms with Crippen molar-refractivity contribution in [2.45, 2.75) is 348 Å². The average molecular weight is 1150 g/mol. The first-order valence-electron chi connectivity index (χ1n) is 35.4. The van der Waals surface area contributed by atoms with Gasteiger partial charge in [0.15, 0.2) is 6.10 Å². The van der Waals surface area contributed by atoms with Crippen molar-refractivity contribution in [1.29, 1.82) is 0 Å². The van der Waals surface area contributed by atoms with Gasteiger partial charge in [0.1, 0.15) is 13.2 Å². The zero-order valence-electron chi connectivity index (χ0n) is 54.7. The van der Waals surface area contributed by atoms with E-state index in [1.165, 1.54) is 193 Å². The van der Waals surface area contributed by atoms with Gasteiger partial charge in [0, 0.05) is 19.3 Å². The van der Waals surface area contributed by atoms with Crippen LogP contribution in [0, 0.1) is 0 Å². The molecule has 0 heterocycles. The molecule has 1 atom stereocenters. The Kier molecular flexibility index (Phi) is 67.2. The van der Waals surface area contributed by atoms with Crippen molar-refractivity contribution in [1.82, 2.24) is 0 Å². The molecule has 83 heavy (non-hydrogen) atoms. The van der Waals surface area contributed by atoms with Crippen molar-refractivity contribution >= 4 is 17.9 Å². The van der Waals surface area contributed by atoms with Gasteiger partial charge in [0.2, 0.25) is 0 Å². The first-order valence-corrected chi connectivity index (χ1v) is 35.4. The topological polar surface area (TPSA) is 78.9 Å². The van der Waals surface area contributed by atoms with Crippen LogP contribution in [0.5, 0.6) is 0 Å². The van der Waals surface area contributed by atoms with Crippen molar-refractivity contribution in [3.05, 3.63) is 109 Å². The molecule has 0 spiro atoms. The second-order valence-electron chi connectivity index (χ2n) is 23.4. The number of esters is 3. The minimum absolute atomic E-state index is 0.0918. The van der Waals surface area contributed by atoms with Crippen molar-refractivity contribution in [2.24, 2.45) is 0 Å². The van der Waals surface area contributed by atoms with Gasteiger partial charge in [-0.15, -0.1) is 0 Å². The molecule has 0 N–H and O–H groups in total. The highest BCUT2D eigenvalue weighted by Gasteiger charge is 2.19. The number of allylic oxidation sites excluding steroid dienone is 18. The first-order chi connectivity index (χ1) is 41.0. The average Bonchev–Trinajstić information content (AvgIpc) is 3.50. The normalized spacial score (nSPS) is 12.8. The van der Waals surface area contributed by atoms with Crippen LogP contribution in [-0.4, -0.2) is 37.2 Å². The van der Waals surface area contributed by atoms with Crippen LogP contribution in [0.15, 0.2) is 109 Å². The van der Waals surface area contributed by atoms with Crippen LogP contribution in [0.4, 0.5) is 0 Å². The quantitative estimate of drug-likeness (QED) is 0.0261. The van der Waals surface area contributed by atoms with Crippen LogP contribution < -0.4 is 0 Å². The Morgan fingerprint density at radius 2 is 0.470 bits per heavy atom. The van der Waals surface area contributed by atoms with Crippen molar-refractivity contribution < 1.29 is 28.6 Å². The zero-order valence-corrected chi connectivity index (χ0v) is 54.7. The van der Waals surface area contributed by atoms with E-state index in [0.717, 1.165) is 103 Å². The molecular formula is C77H132O6. The molecule has 476 valence electrons. The van der Waals surface area contributed by atoms with Gasteiger partial charge < -0.3 is 14.2 Å². The molecule has 0 aliphatic heterocycles. The Morgan fingerprint density at radius 3 is 0.735 bits per heavy atom. The highest BCUT2D eigenvalue weighted by molar-refractivity contribution is 5.71. The van der Waals surface area contributed by atoms with Crippen molar-refractivity contribution in [3.63, 3.8) is 0 Å². The molecule has 0 rings (SSSR count). The predicted molar refractivity (Wildman–Crippen MR) is 362 cm³/mol. The Hall–Kier alpha value is -3.93. The molecule has 6 nitrogen and oxygen atoms in total. The molecule has 0 saturated carbocycles. The van der Waals surface area contributed by atoms with E-state index in [0.29, 0.717) is 19.3 Å². The highest BCUT2D eigenvalue weighted by Crippen LogP contribution is 2.18. The molecule has 1 unspecified atom stereocenters. The lowest BCUT2D eigenvalue weighted by molar-refractivity contribution is -0.167. The van der Waals surface area contributed by atoms with Gasteiger partial charge in [-0.25, -0.2) is 0 Å². The van der Waals surface area contributed by atoms with Crippen LogP contribution in [-0.2, 0) is 28.6 Å². The summed E-state index contributed by atoms with van der Waals surface area (Å²) in [5, 5.41) is 0. The van der Waals surface area contributed by atoms with E-state index >= 15 is 0 Å². The largest absolute Gasteiger partial charge is 0.462 e. The van der Waals surface area contributed by atoms with Crippen LogP contribution in [0.3, 0.4) is 0 Å². The highest BCUT2D eigenvalue weighted by atomic mass is 16.6. The zero-order chi connectivity index (χ0) is 59.9. The second kappa shape index (κ2) is 70.6. The first kappa shape index (κ1) is 79.1. The second-order valence-corrected chi connectivity index (χ2v) is 23.4. The Morgan fingerprint density at radius 1 is 0.253 bits per heavy atom. The Labute approximate surface area is 514 Å². The smallest absolute Gasteiger partial charge is 0.306 e. The molecule has 0 bridgehead atoms. The van der Waals surface area contributed by atoms with Crippen molar-refractivity contribution in [3.8, 4) is 0 Å². The number of rotatable bonds is 64. The summed E-state index contributed by atoms with van der Waals surface area (Å²) in [5.74, 6) is -0.936. The minimum atomic E-state index is -0.801. The van der Waals surface area contributed by atoms with Crippen LogP contribution in [0.25, 0.3) is 0 Å². The maximum Gasteiger partial charge on any atom is 0.306 e. The lowest BCUT2D eigenvalue weighted by Crippen LogP contribution is -2.30. The molecule has 0 aromatic heterocycles. The van der Waals surface area contributed by atoms with Crippen LogP contribution in [0.2, 0.25) is 0 Å². The maximum absolute atomic E-state index is 13.0. The molecule has 0 fully saturated rings. The molecule has 0 amide bonds. The van der Waals surface area contributed by atoms with Crippen LogP contribution >= 0.6 is 0 Å². The summed E-state index contributed by atoms with van der Waals surface area (Å²) < 4.78 is 16.9. The van der Waals surface area contributed by atoms with Gasteiger partial charge in [-0.05, 0) is 83.5 Å². The Balaban J connectivity index is 4.43. The minimum Gasteiger partial charge on any atom is -0.462 e. The third-order valence-corrected chi connectivity index (χ3v) is 15.3. The Bertz CT molecular complexity index is 1660. The predicted octanol–water partition coefficient (Wildman–Crippen LogP) is 24.6. The molecule has 0 saturated heterocycles. The lowest BCUT2D eigenvalue weighted by atomic mass is 10.0. The van der Waals surface area contributed by atoms with E-state index in [4.69, 9.17) is 14.2 Å². The van der Waals surface area contributed by atoms with Gasteiger partial charge in [-0.2, -0.15) is 0 Å². The molecule has 6 heteroatoms. The van der Waals surface area contributed by atoms with Gasteiger partial charge in [0.25, 0.3) is 0 Å². The third kappa shape index (κ3) is 68.7. The summed E-state index contributed by atoms with van der Waals surface area (Å²) in [6, 6.07) is 0. The summed E-state index contributed by atoms with van der Waals surface area (Å²) in [7, 11) is 0. The summed E-state index contributed by atoms with van der Waals surface area (Å²) in [4.78, 5) is 38.4. The molecular weight excluding hydrogens is 1020 g/mol. The van der Waals surface area contributed by atoms with Gasteiger partial charge in [-0.3, -0.25) is 14.4 Å². The fourth-order valence-electron chi connectivity index (χ4n) is 10.0. The monoisotopic (exact) mass is 1150 g/mol. The number of unbranched alkanes of at least 4 members (excludes halogenated alkanes) is 35. The van der Waals surface area contributed by atoms with E-state index in [1.54, 1.807) is 0 Å².